The monoisotopic (exact) mass is 285 g/mol. The maximum atomic E-state index is 6.10. The summed E-state index contributed by atoms with van der Waals surface area (Å²) in [6, 6.07) is 5.64. The molecule has 1 aromatic carbocycles. The van der Waals surface area contributed by atoms with Crippen LogP contribution in [0.2, 0.25) is 5.02 Å². The molecule has 0 radical (unpaired) electrons. The summed E-state index contributed by atoms with van der Waals surface area (Å²) in [4.78, 5) is 0. The molecule has 0 bridgehead atoms. The van der Waals surface area contributed by atoms with E-state index in [1.54, 1.807) is 7.11 Å². The Labute approximate surface area is 119 Å². The van der Waals surface area contributed by atoms with E-state index in [4.69, 9.17) is 25.8 Å². The Morgan fingerprint density at radius 2 is 2.32 bits per heavy atom. The topological polar surface area (TPSA) is 39.7 Å². The summed E-state index contributed by atoms with van der Waals surface area (Å²) in [7, 11) is 1.66. The Bertz CT molecular complexity index is 408. The van der Waals surface area contributed by atoms with Crippen molar-refractivity contribution in [3.8, 4) is 5.75 Å². The van der Waals surface area contributed by atoms with E-state index in [0.717, 1.165) is 17.9 Å². The van der Waals surface area contributed by atoms with Crippen LogP contribution in [0.3, 0.4) is 0 Å². The summed E-state index contributed by atoms with van der Waals surface area (Å²) in [6.07, 6.45) is -0.0268. The highest BCUT2D eigenvalue weighted by Gasteiger charge is 2.28. The number of nitrogens with one attached hydrogen (secondary N) is 1. The van der Waals surface area contributed by atoms with Crippen molar-refractivity contribution in [1.82, 2.24) is 5.32 Å². The van der Waals surface area contributed by atoms with Crippen molar-refractivity contribution in [3.63, 3.8) is 0 Å². The predicted octanol–water partition coefficient (Wildman–Crippen LogP) is 2.41. The van der Waals surface area contributed by atoms with Crippen molar-refractivity contribution in [2.75, 3.05) is 33.5 Å². The Morgan fingerprint density at radius 1 is 1.47 bits per heavy atom. The zero-order valence-corrected chi connectivity index (χ0v) is 12.1. The van der Waals surface area contributed by atoms with Gasteiger partial charge in [0.25, 0.3) is 0 Å². The van der Waals surface area contributed by atoms with Gasteiger partial charge in [0.2, 0.25) is 0 Å². The first kappa shape index (κ1) is 14.6. The van der Waals surface area contributed by atoms with E-state index in [9.17, 15) is 0 Å². The molecule has 19 heavy (non-hydrogen) atoms. The van der Waals surface area contributed by atoms with Crippen LogP contribution >= 0.6 is 11.6 Å². The fraction of sp³-hybridized carbons (Fsp3) is 0.571. The number of hydrogen-bond acceptors (Lipinski definition) is 4. The van der Waals surface area contributed by atoms with Gasteiger partial charge in [0.05, 0.1) is 33.0 Å². The van der Waals surface area contributed by atoms with E-state index in [2.05, 4.69) is 12.2 Å². The van der Waals surface area contributed by atoms with E-state index in [1.807, 2.05) is 18.2 Å². The molecule has 2 unspecified atom stereocenters. The average molecular weight is 286 g/mol. The van der Waals surface area contributed by atoms with Gasteiger partial charge in [-0.25, -0.2) is 0 Å². The highest BCUT2D eigenvalue weighted by molar-refractivity contribution is 6.30. The Kier molecular flexibility index (Phi) is 5.45. The van der Waals surface area contributed by atoms with Crippen LogP contribution in [0.5, 0.6) is 5.75 Å². The van der Waals surface area contributed by atoms with Crippen LogP contribution in [0.15, 0.2) is 18.2 Å². The quantitative estimate of drug-likeness (QED) is 0.902. The maximum Gasteiger partial charge on any atom is 0.123 e. The lowest BCUT2D eigenvalue weighted by atomic mass is 10.00. The third kappa shape index (κ3) is 3.60. The van der Waals surface area contributed by atoms with Gasteiger partial charge in [-0.2, -0.15) is 0 Å². The lowest BCUT2D eigenvalue weighted by Gasteiger charge is -2.32. The maximum absolute atomic E-state index is 6.10. The van der Waals surface area contributed by atoms with Crippen LogP contribution in [0, 0.1) is 0 Å². The standard InChI is InChI=1S/C14H20ClNO3/c1-3-16-14(13-9-18-6-7-19-13)11-8-10(15)4-5-12(11)17-2/h4-5,8,13-14,16H,3,6-7,9H2,1-2H3. The number of halogens is 1. The molecular formula is C14H20ClNO3. The number of rotatable bonds is 5. The van der Waals surface area contributed by atoms with Crippen molar-refractivity contribution in [2.45, 2.75) is 19.1 Å². The van der Waals surface area contributed by atoms with Gasteiger partial charge in [-0.3, -0.25) is 0 Å². The highest BCUT2D eigenvalue weighted by Crippen LogP contribution is 2.31. The largest absolute Gasteiger partial charge is 0.496 e. The molecule has 0 aliphatic carbocycles. The molecule has 1 aliphatic heterocycles. The number of methoxy groups -OCH3 is 1. The normalized spacial score (nSPS) is 21.1. The summed E-state index contributed by atoms with van der Waals surface area (Å²) in [5.41, 5.74) is 1.01. The molecule has 1 heterocycles. The zero-order valence-electron chi connectivity index (χ0n) is 11.3. The van der Waals surface area contributed by atoms with Gasteiger partial charge in [0, 0.05) is 10.6 Å². The lowest BCUT2D eigenvalue weighted by Crippen LogP contribution is -2.40. The first-order chi connectivity index (χ1) is 9.26. The molecule has 1 saturated heterocycles. The molecule has 0 saturated carbocycles. The van der Waals surface area contributed by atoms with Crippen molar-refractivity contribution in [2.24, 2.45) is 0 Å². The van der Waals surface area contributed by atoms with Crippen molar-refractivity contribution >= 4 is 11.6 Å². The fourth-order valence-corrected chi connectivity index (χ4v) is 2.49. The summed E-state index contributed by atoms with van der Waals surface area (Å²) in [5.74, 6) is 0.810. The van der Waals surface area contributed by atoms with Gasteiger partial charge in [-0.05, 0) is 24.7 Å². The summed E-state index contributed by atoms with van der Waals surface area (Å²) < 4.78 is 16.7. The molecule has 2 rings (SSSR count). The summed E-state index contributed by atoms with van der Waals surface area (Å²) in [6.45, 7) is 4.75. The van der Waals surface area contributed by atoms with Crippen LogP contribution in [0.25, 0.3) is 0 Å². The number of benzene rings is 1. The van der Waals surface area contributed by atoms with Crippen molar-refractivity contribution < 1.29 is 14.2 Å². The molecule has 0 amide bonds. The van der Waals surface area contributed by atoms with E-state index in [0.29, 0.717) is 24.8 Å². The molecular weight excluding hydrogens is 266 g/mol. The summed E-state index contributed by atoms with van der Waals surface area (Å²) >= 11 is 6.10. The van der Waals surface area contributed by atoms with E-state index < -0.39 is 0 Å². The fourth-order valence-electron chi connectivity index (χ4n) is 2.31. The van der Waals surface area contributed by atoms with Crippen molar-refractivity contribution in [3.05, 3.63) is 28.8 Å². The van der Waals surface area contributed by atoms with Crippen LogP contribution < -0.4 is 10.1 Å². The van der Waals surface area contributed by atoms with Crippen LogP contribution in [-0.4, -0.2) is 39.6 Å². The summed E-state index contributed by atoms with van der Waals surface area (Å²) in [5, 5.41) is 4.12. The van der Waals surface area contributed by atoms with Crippen LogP contribution in [-0.2, 0) is 9.47 Å². The molecule has 4 nitrogen and oxygen atoms in total. The van der Waals surface area contributed by atoms with Gasteiger partial charge >= 0.3 is 0 Å². The third-order valence-corrected chi connectivity index (χ3v) is 3.40. The van der Waals surface area contributed by atoms with Gasteiger partial charge < -0.3 is 19.5 Å². The third-order valence-electron chi connectivity index (χ3n) is 3.16. The molecule has 1 fully saturated rings. The highest BCUT2D eigenvalue weighted by atomic mass is 35.5. The average Bonchev–Trinajstić information content (AvgIpc) is 2.45. The molecule has 5 heteroatoms. The smallest absolute Gasteiger partial charge is 0.123 e. The Hall–Kier alpha value is -0.810. The first-order valence-electron chi connectivity index (χ1n) is 6.52. The SMILES string of the molecule is CCNC(c1cc(Cl)ccc1OC)C1COCCO1. The van der Waals surface area contributed by atoms with Gasteiger partial charge in [0.15, 0.2) is 0 Å². The predicted molar refractivity (Wildman–Crippen MR) is 75.0 cm³/mol. The molecule has 2 atom stereocenters. The lowest BCUT2D eigenvalue weighted by molar-refractivity contribution is -0.102. The minimum Gasteiger partial charge on any atom is -0.496 e. The Balaban J connectivity index is 2.28. The number of ether oxygens (including phenoxy) is 3. The van der Waals surface area contributed by atoms with Gasteiger partial charge in [-0.15, -0.1) is 0 Å². The second-order valence-corrected chi connectivity index (χ2v) is 4.84. The molecule has 1 N–H and O–H groups in total. The number of likely N-dealkylation sites (N-methyl/N-ethyl adjacent to an activating group) is 1. The number of hydrogen-bond donors (Lipinski definition) is 1. The molecule has 0 aromatic heterocycles. The van der Waals surface area contributed by atoms with Gasteiger partial charge in [0.1, 0.15) is 11.9 Å². The second-order valence-electron chi connectivity index (χ2n) is 4.41. The van der Waals surface area contributed by atoms with E-state index >= 15 is 0 Å². The second kappa shape index (κ2) is 7.10. The molecule has 0 spiro atoms. The van der Waals surface area contributed by atoms with Crippen LogP contribution in [0.1, 0.15) is 18.5 Å². The minimum absolute atomic E-state index is 0.0129. The van der Waals surface area contributed by atoms with E-state index in [1.165, 1.54) is 0 Å². The van der Waals surface area contributed by atoms with Gasteiger partial charge in [-0.1, -0.05) is 18.5 Å². The zero-order chi connectivity index (χ0) is 13.7. The Morgan fingerprint density at radius 3 is 2.95 bits per heavy atom. The minimum atomic E-state index is -0.0268. The molecule has 106 valence electrons. The van der Waals surface area contributed by atoms with E-state index in [-0.39, 0.29) is 12.1 Å². The molecule has 1 aromatic rings. The van der Waals surface area contributed by atoms with Crippen LogP contribution in [0.4, 0.5) is 0 Å². The molecule has 1 aliphatic rings. The first-order valence-corrected chi connectivity index (χ1v) is 6.90. The van der Waals surface area contributed by atoms with Crippen molar-refractivity contribution in [1.29, 1.82) is 0 Å².